The second kappa shape index (κ2) is 4.18. The number of aromatic hydroxyl groups is 1. The first-order chi connectivity index (χ1) is 6.44. The molecular weight excluding hydrogens is 270 g/mol. The molecule has 1 aromatic rings. The average molecular weight is 280 g/mol. The zero-order valence-electron chi connectivity index (χ0n) is 7.49. The predicted octanol–water partition coefficient (Wildman–Crippen LogP) is 1.79. The van der Waals surface area contributed by atoms with Crippen LogP contribution in [0.5, 0.6) is 5.75 Å². The molecule has 14 heavy (non-hydrogen) atoms. The lowest BCUT2D eigenvalue weighted by Crippen LogP contribution is -2.12. The van der Waals surface area contributed by atoms with E-state index in [1.54, 1.807) is 19.1 Å². The van der Waals surface area contributed by atoms with Crippen molar-refractivity contribution in [2.75, 3.05) is 9.38 Å². The van der Waals surface area contributed by atoms with Gasteiger partial charge in [-0.25, -0.2) is 8.42 Å². The highest BCUT2D eigenvalue weighted by molar-refractivity contribution is 9.10. The van der Waals surface area contributed by atoms with E-state index in [4.69, 9.17) is 0 Å². The summed E-state index contributed by atoms with van der Waals surface area (Å²) in [6, 6.07) is 4.60. The normalized spacial score (nSPS) is 11.3. The summed E-state index contributed by atoms with van der Waals surface area (Å²) in [6.45, 7) is 1.73. The topological polar surface area (TPSA) is 66.4 Å². The molecule has 0 heterocycles. The van der Waals surface area contributed by atoms with Gasteiger partial charge in [0.05, 0.1) is 5.69 Å². The van der Waals surface area contributed by atoms with Crippen molar-refractivity contribution in [2.45, 2.75) is 6.92 Å². The lowest BCUT2D eigenvalue weighted by atomic mass is 10.2. The zero-order chi connectivity index (χ0) is 10.8. The Labute approximate surface area is 91.1 Å². The Hall–Kier alpha value is -0.750. The number of sulfonamides is 1. The minimum Gasteiger partial charge on any atom is -0.508 e. The van der Waals surface area contributed by atoms with Crippen LogP contribution in [0.1, 0.15) is 5.56 Å². The molecule has 6 heteroatoms. The van der Waals surface area contributed by atoms with Crippen molar-refractivity contribution in [3.63, 3.8) is 0 Å². The Morgan fingerprint density at radius 3 is 2.64 bits per heavy atom. The Morgan fingerprint density at radius 1 is 1.50 bits per heavy atom. The maximum Gasteiger partial charge on any atom is 0.242 e. The maximum absolute atomic E-state index is 11.1. The summed E-state index contributed by atoms with van der Waals surface area (Å²) in [5.74, 6) is 0.0692. The van der Waals surface area contributed by atoms with Crippen molar-refractivity contribution in [3.05, 3.63) is 23.8 Å². The molecule has 0 aliphatic carbocycles. The van der Waals surface area contributed by atoms with Gasteiger partial charge >= 0.3 is 0 Å². The van der Waals surface area contributed by atoms with Crippen LogP contribution in [0.25, 0.3) is 0 Å². The molecule has 0 unspecified atom stereocenters. The van der Waals surface area contributed by atoms with Crippen molar-refractivity contribution in [1.82, 2.24) is 0 Å². The highest BCUT2D eigenvalue weighted by atomic mass is 79.9. The molecule has 0 atom stereocenters. The minimum atomic E-state index is -3.35. The summed E-state index contributed by atoms with van der Waals surface area (Å²) in [5, 5.41) is 9.32. The molecule has 1 aromatic carbocycles. The number of phenolic OH excluding ortho intramolecular Hbond substituents is 1. The Morgan fingerprint density at radius 2 is 2.14 bits per heavy atom. The van der Waals surface area contributed by atoms with Crippen LogP contribution >= 0.6 is 15.9 Å². The Bertz CT molecular complexity index is 430. The van der Waals surface area contributed by atoms with Gasteiger partial charge in [-0.1, -0.05) is 22.0 Å². The molecule has 2 N–H and O–H groups in total. The predicted molar refractivity (Wildman–Crippen MR) is 59.2 cm³/mol. The van der Waals surface area contributed by atoms with E-state index >= 15 is 0 Å². The highest BCUT2D eigenvalue weighted by Gasteiger charge is 2.08. The molecule has 0 amide bonds. The van der Waals surface area contributed by atoms with E-state index < -0.39 is 10.0 Å². The van der Waals surface area contributed by atoms with Crippen LogP contribution in [-0.4, -0.2) is 18.2 Å². The number of aryl methyl sites for hydroxylation is 1. The fourth-order valence-electron chi connectivity index (χ4n) is 0.880. The van der Waals surface area contributed by atoms with Crippen LogP contribution < -0.4 is 4.72 Å². The number of alkyl halides is 1. The number of rotatable bonds is 3. The second-order valence-electron chi connectivity index (χ2n) is 2.83. The van der Waals surface area contributed by atoms with Crippen molar-refractivity contribution in [1.29, 1.82) is 0 Å². The third-order valence-corrected chi connectivity index (χ3v) is 4.27. The molecule has 0 fully saturated rings. The van der Waals surface area contributed by atoms with Crippen LogP contribution in [0, 0.1) is 6.92 Å². The molecule has 0 radical (unpaired) electrons. The summed E-state index contributed by atoms with van der Waals surface area (Å²) < 4.78 is 24.4. The third-order valence-electron chi connectivity index (χ3n) is 1.63. The number of halogens is 1. The SMILES string of the molecule is Cc1ccc(NS(=O)(=O)CBr)cc1O. The summed E-state index contributed by atoms with van der Waals surface area (Å²) in [4.78, 5) is 0. The average Bonchev–Trinajstić information content (AvgIpc) is 2.11. The maximum atomic E-state index is 11.1. The summed E-state index contributed by atoms with van der Waals surface area (Å²) in [7, 11) is -3.35. The van der Waals surface area contributed by atoms with E-state index in [0.717, 1.165) is 0 Å². The molecule has 0 bridgehead atoms. The molecule has 4 nitrogen and oxygen atoms in total. The van der Waals surface area contributed by atoms with E-state index in [2.05, 4.69) is 20.7 Å². The van der Waals surface area contributed by atoms with E-state index in [1.165, 1.54) is 6.07 Å². The second-order valence-corrected chi connectivity index (χ2v) is 5.85. The van der Waals surface area contributed by atoms with Gasteiger partial charge in [-0.05, 0) is 18.6 Å². The van der Waals surface area contributed by atoms with Gasteiger partial charge in [0.2, 0.25) is 10.0 Å². The summed E-state index contributed by atoms with van der Waals surface area (Å²) in [5.41, 5.74) is 1.05. The smallest absolute Gasteiger partial charge is 0.242 e. The molecule has 1 rings (SSSR count). The third kappa shape index (κ3) is 2.88. The van der Waals surface area contributed by atoms with E-state index in [-0.39, 0.29) is 10.4 Å². The quantitative estimate of drug-likeness (QED) is 0.830. The fraction of sp³-hybridized carbons (Fsp3) is 0.250. The monoisotopic (exact) mass is 279 g/mol. The largest absolute Gasteiger partial charge is 0.508 e. The van der Waals surface area contributed by atoms with Gasteiger partial charge in [-0.15, -0.1) is 0 Å². The number of nitrogens with one attached hydrogen (secondary N) is 1. The zero-order valence-corrected chi connectivity index (χ0v) is 9.89. The van der Waals surface area contributed by atoms with Crippen molar-refractivity contribution >= 4 is 31.6 Å². The van der Waals surface area contributed by atoms with E-state index in [9.17, 15) is 13.5 Å². The molecule has 0 spiro atoms. The molecule has 0 aliphatic rings. The van der Waals surface area contributed by atoms with Crippen LogP contribution in [0.3, 0.4) is 0 Å². The van der Waals surface area contributed by atoms with Gasteiger partial charge in [0.1, 0.15) is 10.4 Å². The van der Waals surface area contributed by atoms with Crippen molar-refractivity contribution < 1.29 is 13.5 Å². The first-order valence-corrected chi connectivity index (χ1v) is 6.58. The fourth-order valence-corrected chi connectivity index (χ4v) is 1.76. The number of benzene rings is 1. The van der Waals surface area contributed by atoms with E-state index in [1.807, 2.05) is 0 Å². The standard InChI is InChI=1S/C8H10BrNO3S/c1-6-2-3-7(4-8(6)11)10-14(12,13)5-9/h2-4,10-11H,5H2,1H3. The van der Waals surface area contributed by atoms with Crippen LogP contribution in [0.2, 0.25) is 0 Å². The summed E-state index contributed by atoms with van der Waals surface area (Å²) in [6.07, 6.45) is 0. The molecule has 0 saturated carbocycles. The number of phenols is 1. The summed E-state index contributed by atoms with van der Waals surface area (Å²) >= 11 is 2.85. The van der Waals surface area contributed by atoms with E-state index in [0.29, 0.717) is 11.3 Å². The lowest BCUT2D eigenvalue weighted by molar-refractivity contribution is 0.471. The highest BCUT2D eigenvalue weighted by Crippen LogP contribution is 2.21. The van der Waals surface area contributed by atoms with Crippen molar-refractivity contribution in [3.8, 4) is 5.75 Å². The molecule has 0 aliphatic heterocycles. The van der Waals surface area contributed by atoms with Crippen LogP contribution in [0.4, 0.5) is 5.69 Å². The van der Waals surface area contributed by atoms with Gasteiger partial charge in [0.15, 0.2) is 0 Å². The molecule has 0 aromatic heterocycles. The van der Waals surface area contributed by atoms with Crippen molar-refractivity contribution in [2.24, 2.45) is 0 Å². The van der Waals surface area contributed by atoms with Crippen LogP contribution in [0.15, 0.2) is 18.2 Å². The minimum absolute atomic E-state index is 0.0692. The van der Waals surface area contributed by atoms with Gasteiger partial charge in [0, 0.05) is 6.07 Å². The number of hydrogen-bond donors (Lipinski definition) is 2. The van der Waals surface area contributed by atoms with Crippen LogP contribution in [-0.2, 0) is 10.0 Å². The van der Waals surface area contributed by atoms with Gasteiger partial charge in [0.25, 0.3) is 0 Å². The lowest BCUT2D eigenvalue weighted by Gasteiger charge is -2.06. The first kappa shape index (κ1) is 11.3. The van der Waals surface area contributed by atoms with Gasteiger partial charge < -0.3 is 5.11 Å². The van der Waals surface area contributed by atoms with Gasteiger partial charge in [-0.3, -0.25) is 4.72 Å². The Balaban J connectivity index is 2.94. The number of anilines is 1. The first-order valence-electron chi connectivity index (χ1n) is 3.81. The Kier molecular flexibility index (Phi) is 3.38. The number of hydrogen-bond acceptors (Lipinski definition) is 3. The van der Waals surface area contributed by atoms with Gasteiger partial charge in [-0.2, -0.15) is 0 Å². The molecule has 78 valence electrons. The molecule has 0 saturated heterocycles. The molecular formula is C8H10BrNO3S.